The molecule has 1 heterocycles. The van der Waals surface area contributed by atoms with E-state index in [-0.39, 0.29) is 12.5 Å². The smallest absolute Gasteiger partial charge is 0.238 e. The Hall–Kier alpha value is -2.63. The number of rotatable bonds is 5. The molecule has 1 amide bonds. The Bertz CT molecular complexity index is 777. The zero-order valence-electron chi connectivity index (χ0n) is 14.8. The lowest BCUT2D eigenvalue weighted by Gasteiger charge is -2.05. The maximum absolute atomic E-state index is 11.1. The van der Waals surface area contributed by atoms with Crippen molar-refractivity contribution in [2.75, 3.05) is 11.9 Å². The van der Waals surface area contributed by atoms with Gasteiger partial charge in [0.05, 0.1) is 6.54 Å². The van der Waals surface area contributed by atoms with Gasteiger partial charge in [-0.25, -0.2) is 0 Å². The van der Waals surface area contributed by atoms with Crippen LogP contribution in [0.3, 0.4) is 0 Å². The summed E-state index contributed by atoms with van der Waals surface area (Å²) in [4.78, 5) is 16.2. The number of anilines is 1. The SMILES string of the molecule is Cc1cccnc1.NCC(=O)Nc1ccc(SCc2ccccc2)cc1. The summed E-state index contributed by atoms with van der Waals surface area (Å²) in [7, 11) is 0. The number of hydrogen-bond donors (Lipinski definition) is 2. The van der Waals surface area contributed by atoms with Gasteiger partial charge in [0.15, 0.2) is 0 Å². The van der Waals surface area contributed by atoms with E-state index in [1.807, 2.05) is 67.7 Å². The number of aromatic nitrogens is 1. The first-order valence-corrected chi connectivity index (χ1v) is 9.29. The molecule has 134 valence electrons. The average Bonchev–Trinajstić information content (AvgIpc) is 2.69. The summed E-state index contributed by atoms with van der Waals surface area (Å²) in [6.07, 6.45) is 3.60. The quantitative estimate of drug-likeness (QED) is 0.663. The first-order valence-electron chi connectivity index (χ1n) is 8.30. The second-order valence-corrected chi connectivity index (χ2v) is 6.63. The van der Waals surface area contributed by atoms with E-state index in [1.54, 1.807) is 18.0 Å². The summed E-state index contributed by atoms with van der Waals surface area (Å²) in [6.45, 7) is 2.03. The molecular formula is C21H23N3OS. The Morgan fingerprint density at radius 3 is 2.31 bits per heavy atom. The van der Waals surface area contributed by atoms with Gasteiger partial charge >= 0.3 is 0 Å². The molecule has 2 aromatic carbocycles. The molecule has 3 N–H and O–H groups in total. The summed E-state index contributed by atoms with van der Waals surface area (Å²) >= 11 is 1.77. The second-order valence-electron chi connectivity index (χ2n) is 5.58. The standard InChI is InChI=1S/C15H16N2OS.C6H7N/c16-10-15(18)17-13-6-8-14(9-7-13)19-11-12-4-2-1-3-5-12;1-6-3-2-4-7-5-6/h1-9H,10-11,16H2,(H,17,18);2-5H,1H3. The molecule has 1 aromatic heterocycles. The molecule has 0 aliphatic carbocycles. The summed E-state index contributed by atoms with van der Waals surface area (Å²) in [5.74, 6) is 0.764. The molecule has 0 atom stereocenters. The van der Waals surface area contributed by atoms with Crippen LogP contribution in [0.15, 0.2) is 84.0 Å². The molecule has 0 saturated heterocycles. The number of nitrogens with two attached hydrogens (primary N) is 1. The molecule has 0 aliphatic heterocycles. The van der Waals surface area contributed by atoms with Gasteiger partial charge in [-0.1, -0.05) is 36.4 Å². The first-order chi connectivity index (χ1) is 12.7. The maximum Gasteiger partial charge on any atom is 0.238 e. The van der Waals surface area contributed by atoms with E-state index < -0.39 is 0 Å². The van der Waals surface area contributed by atoms with Crippen LogP contribution in [0.25, 0.3) is 0 Å². The van der Waals surface area contributed by atoms with Crippen molar-refractivity contribution in [2.24, 2.45) is 5.73 Å². The van der Waals surface area contributed by atoms with Crippen LogP contribution in [0.4, 0.5) is 5.69 Å². The molecule has 0 saturated carbocycles. The van der Waals surface area contributed by atoms with Crippen LogP contribution in [-0.4, -0.2) is 17.4 Å². The lowest BCUT2D eigenvalue weighted by Crippen LogP contribution is -2.21. The minimum atomic E-state index is -0.176. The fourth-order valence-electron chi connectivity index (χ4n) is 2.04. The average molecular weight is 366 g/mol. The lowest BCUT2D eigenvalue weighted by molar-refractivity contribution is -0.114. The van der Waals surface area contributed by atoms with Gasteiger partial charge in [0, 0.05) is 28.7 Å². The number of aryl methyl sites for hydroxylation is 1. The minimum absolute atomic E-state index is 0.00447. The highest BCUT2D eigenvalue weighted by molar-refractivity contribution is 7.98. The Balaban J connectivity index is 0.000000290. The third-order valence-electron chi connectivity index (χ3n) is 3.38. The van der Waals surface area contributed by atoms with Gasteiger partial charge in [-0.2, -0.15) is 0 Å². The number of hydrogen-bond acceptors (Lipinski definition) is 4. The number of benzene rings is 2. The fraction of sp³-hybridized carbons (Fsp3) is 0.143. The van der Waals surface area contributed by atoms with E-state index in [0.29, 0.717) is 0 Å². The van der Waals surface area contributed by atoms with Crippen molar-refractivity contribution in [3.8, 4) is 0 Å². The van der Waals surface area contributed by atoms with Gasteiger partial charge in [-0.05, 0) is 48.4 Å². The summed E-state index contributed by atoms with van der Waals surface area (Å²) in [5, 5.41) is 2.72. The molecule has 0 unspecified atom stereocenters. The van der Waals surface area contributed by atoms with Gasteiger partial charge < -0.3 is 11.1 Å². The normalized spacial score (nSPS) is 9.77. The molecule has 0 fully saturated rings. The number of thioether (sulfide) groups is 1. The molecule has 5 heteroatoms. The van der Waals surface area contributed by atoms with Crippen molar-refractivity contribution >= 4 is 23.4 Å². The fourth-order valence-corrected chi connectivity index (χ4v) is 2.89. The van der Waals surface area contributed by atoms with Crippen LogP contribution in [0, 0.1) is 6.92 Å². The maximum atomic E-state index is 11.1. The van der Waals surface area contributed by atoms with Gasteiger partial charge in [0.2, 0.25) is 5.91 Å². The molecule has 3 rings (SSSR count). The monoisotopic (exact) mass is 365 g/mol. The summed E-state index contributed by atoms with van der Waals surface area (Å²) in [6, 6.07) is 22.1. The molecule has 0 spiro atoms. The van der Waals surface area contributed by atoms with Crippen LogP contribution < -0.4 is 11.1 Å². The van der Waals surface area contributed by atoms with Crippen molar-refractivity contribution in [3.05, 3.63) is 90.3 Å². The van der Waals surface area contributed by atoms with Crippen molar-refractivity contribution in [1.29, 1.82) is 0 Å². The summed E-state index contributed by atoms with van der Waals surface area (Å²) < 4.78 is 0. The van der Waals surface area contributed by atoms with E-state index in [0.717, 1.165) is 11.4 Å². The van der Waals surface area contributed by atoms with Crippen molar-refractivity contribution in [3.63, 3.8) is 0 Å². The van der Waals surface area contributed by atoms with E-state index in [2.05, 4.69) is 22.4 Å². The Morgan fingerprint density at radius 2 is 1.77 bits per heavy atom. The third kappa shape index (κ3) is 7.51. The zero-order valence-corrected chi connectivity index (χ0v) is 15.6. The van der Waals surface area contributed by atoms with Crippen molar-refractivity contribution in [2.45, 2.75) is 17.6 Å². The third-order valence-corrected chi connectivity index (χ3v) is 4.46. The van der Waals surface area contributed by atoms with Gasteiger partial charge in [0.25, 0.3) is 0 Å². The van der Waals surface area contributed by atoms with Crippen molar-refractivity contribution < 1.29 is 4.79 Å². The Morgan fingerprint density at radius 1 is 1.04 bits per heavy atom. The highest BCUT2D eigenvalue weighted by Gasteiger charge is 2.00. The topological polar surface area (TPSA) is 68.0 Å². The van der Waals surface area contributed by atoms with Crippen molar-refractivity contribution in [1.82, 2.24) is 4.98 Å². The minimum Gasteiger partial charge on any atom is -0.325 e. The predicted octanol–water partition coefficient (Wildman–Crippen LogP) is 4.27. The second kappa shape index (κ2) is 11.1. The van der Waals surface area contributed by atoms with Crippen LogP contribution >= 0.6 is 11.8 Å². The van der Waals surface area contributed by atoms with E-state index in [9.17, 15) is 4.79 Å². The zero-order chi connectivity index (χ0) is 18.6. The van der Waals surface area contributed by atoms with Crippen LogP contribution in [0.1, 0.15) is 11.1 Å². The number of carbonyl (C=O) groups is 1. The number of pyridine rings is 1. The van der Waals surface area contributed by atoms with Gasteiger partial charge in [0.1, 0.15) is 0 Å². The highest BCUT2D eigenvalue weighted by atomic mass is 32.2. The largest absolute Gasteiger partial charge is 0.325 e. The van der Waals surface area contributed by atoms with Crippen LogP contribution in [-0.2, 0) is 10.5 Å². The molecular weight excluding hydrogens is 342 g/mol. The number of amides is 1. The van der Waals surface area contributed by atoms with E-state index in [1.165, 1.54) is 16.0 Å². The van der Waals surface area contributed by atoms with Gasteiger partial charge in [-0.3, -0.25) is 9.78 Å². The number of carbonyl (C=O) groups excluding carboxylic acids is 1. The number of nitrogens with zero attached hydrogens (tertiary/aromatic N) is 1. The Kier molecular flexibility index (Phi) is 8.39. The summed E-state index contributed by atoms with van der Waals surface area (Å²) in [5.41, 5.74) is 8.53. The highest BCUT2D eigenvalue weighted by Crippen LogP contribution is 2.24. The van der Waals surface area contributed by atoms with Gasteiger partial charge in [-0.15, -0.1) is 11.8 Å². The Labute approximate surface area is 158 Å². The molecule has 0 bridgehead atoms. The molecule has 0 aliphatic rings. The van der Waals surface area contributed by atoms with Crippen LogP contribution in [0.5, 0.6) is 0 Å². The molecule has 4 nitrogen and oxygen atoms in total. The molecule has 3 aromatic rings. The number of nitrogens with one attached hydrogen (secondary N) is 1. The molecule has 0 radical (unpaired) electrons. The predicted molar refractivity (Wildman–Crippen MR) is 109 cm³/mol. The van der Waals surface area contributed by atoms with Crippen LogP contribution in [0.2, 0.25) is 0 Å². The van der Waals surface area contributed by atoms with E-state index in [4.69, 9.17) is 5.73 Å². The lowest BCUT2D eigenvalue weighted by atomic mass is 10.2. The first kappa shape index (κ1) is 19.7. The molecule has 26 heavy (non-hydrogen) atoms. The van der Waals surface area contributed by atoms with E-state index >= 15 is 0 Å².